The summed E-state index contributed by atoms with van der Waals surface area (Å²) in [5.74, 6) is -0.243. The fraction of sp³-hybridized carbons (Fsp3) is 0.316. The molecule has 8 heteroatoms. The minimum absolute atomic E-state index is 0.183. The smallest absolute Gasteiger partial charge is 0.319 e. The zero-order chi connectivity index (χ0) is 18.6. The van der Waals surface area contributed by atoms with Gasteiger partial charge < -0.3 is 10.6 Å². The number of amides is 2. The van der Waals surface area contributed by atoms with Crippen LogP contribution in [0.15, 0.2) is 42.5 Å². The number of aromatic amines is 1. The minimum Gasteiger partial charge on any atom is -0.336 e. The second-order valence-corrected chi connectivity index (χ2v) is 6.64. The number of hydrogen-bond acceptors (Lipinski definition) is 4. The lowest BCUT2D eigenvalue weighted by Gasteiger charge is -2.28. The molecule has 0 spiro atoms. The predicted molar refractivity (Wildman–Crippen MR) is 101 cm³/mol. The third kappa shape index (κ3) is 3.90. The van der Waals surface area contributed by atoms with E-state index >= 15 is 0 Å². The Morgan fingerprint density at radius 3 is 2.74 bits per heavy atom. The number of fused-ring (bicyclic) bond motifs is 1. The van der Waals surface area contributed by atoms with Crippen molar-refractivity contribution in [1.82, 2.24) is 25.6 Å². The summed E-state index contributed by atoms with van der Waals surface area (Å²) in [6.07, 6.45) is 2.18. The number of benzene rings is 2. The fourth-order valence-corrected chi connectivity index (χ4v) is 3.52. The Hall–Kier alpha value is -3.00. The first-order chi connectivity index (χ1) is 13.2. The Kier molecular flexibility index (Phi) is 4.97. The number of halogens is 1. The summed E-state index contributed by atoms with van der Waals surface area (Å²) < 4.78 is 14.3. The van der Waals surface area contributed by atoms with Crippen molar-refractivity contribution < 1.29 is 9.18 Å². The molecule has 0 radical (unpaired) electrons. The molecule has 1 fully saturated rings. The number of aromatic nitrogens is 3. The van der Waals surface area contributed by atoms with Crippen molar-refractivity contribution in [3.05, 3.63) is 53.8 Å². The van der Waals surface area contributed by atoms with Crippen molar-refractivity contribution in [2.24, 2.45) is 0 Å². The number of hydrogen-bond donors (Lipinski definition) is 3. The van der Waals surface area contributed by atoms with Gasteiger partial charge >= 0.3 is 6.03 Å². The summed E-state index contributed by atoms with van der Waals surface area (Å²) >= 11 is 0. The summed E-state index contributed by atoms with van der Waals surface area (Å²) in [5.41, 5.74) is 2.64. The molecular weight excluding hydrogens is 347 g/mol. The van der Waals surface area contributed by atoms with Gasteiger partial charge in [-0.1, -0.05) is 18.2 Å². The summed E-state index contributed by atoms with van der Waals surface area (Å²) in [5, 5.41) is 16.2. The van der Waals surface area contributed by atoms with E-state index in [4.69, 9.17) is 0 Å². The number of nitrogens with one attached hydrogen (secondary N) is 3. The van der Waals surface area contributed by atoms with Gasteiger partial charge in [-0.3, -0.25) is 4.90 Å². The van der Waals surface area contributed by atoms with Gasteiger partial charge in [-0.05, 0) is 50.2 Å². The van der Waals surface area contributed by atoms with Crippen LogP contribution in [0, 0.1) is 5.82 Å². The van der Waals surface area contributed by atoms with Gasteiger partial charge in [-0.25, -0.2) is 9.18 Å². The number of urea groups is 1. The van der Waals surface area contributed by atoms with E-state index in [1.54, 1.807) is 30.3 Å². The molecule has 3 aromatic rings. The van der Waals surface area contributed by atoms with Gasteiger partial charge in [-0.2, -0.15) is 15.4 Å². The largest absolute Gasteiger partial charge is 0.336 e. The van der Waals surface area contributed by atoms with Crippen LogP contribution < -0.4 is 10.6 Å². The lowest BCUT2D eigenvalue weighted by molar-refractivity contribution is 0.224. The average Bonchev–Trinajstić information content (AvgIpc) is 3.34. The van der Waals surface area contributed by atoms with Gasteiger partial charge in [0.05, 0.1) is 6.04 Å². The summed E-state index contributed by atoms with van der Waals surface area (Å²) in [4.78, 5) is 14.6. The second kappa shape index (κ2) is 7.71. The molecule has 2 aromatic carbocycles. The number of likely N-dealkylation sites (tertiary alicyclic amines) is 1. The summed E-state index contributed by atoms with van der Waals surface area (Å²) in [6, 6.07) is 11.5. The fourth-order valence-electron chi connectivity index (χ4n) is 3.52. The highest BCUT2D eigenvalue weighted by molar-refractivity contribution is 5.91. The Labute approximate surface area is 155 Å². The van der Waals surface area contributed by atoms with Crippen molar-refractivity contribution in [3.8, 4) is 0 Å². The van der Waals surface area contributed by atoms with Crippen LogP contribution in [-0.4, -0.2) is 46.0 Å². The number of anilines is 1. The molecule has 27 heavy (non-hydrogen) atoms. The van der Waals surface area contributed by atoms with Crippen molar-refractivity contribution in [2.45, 2.75) is 18.9 Å². The Bertz CT molecular complexity index is 937. The molecule has 1 atom stereocenters. The lowest BCUT2D eigenvalue weighted by Crippen LogP contribution is -2.39. The molecule has 7 nitrogen and oxygen atoms in total. The van der Waals surface area contributed by atoms with Crippen molar-refractivity contribution >= 4 is 22.8 Å². The zero-order valence-corrected chi connectivity index (χ0v) is 14.8. The first kappa shape index (κ1) is 17.4. The second-order valence-electron chi connectivity index (χ2n) is 6.64. The maximum Gasteiger partial charge on any atom is 0.319 e. The van der Waals surface area contributed by atoms with Gasteiger partial charge in [0.2, 0.25) is 0 Å². The molecule has 1 aromatic heterocycles. The molecule has 1 aliphatic rings. The molecule has 0 bridgehead atoms. The summed E-state index contributed by atoms with van der Waals surface area (Å²) in [7, 11) is 0. The van der Waals surface area contributed by atoms with E-state index in [1.165, 1.54) is 6.07 Å². The highest BCUT2D eigenvalue weighted by atomic mass is 19.1. The summed E-state index contributed by atoms with van der Waals surface area (Å²) in [6.45, 7) is 2.15. The molecule has 2 amide bonds. The third-order valence-electron chi connectivity index (χ3n) is 4.88. The first-order valence-corrected chi connectivity index (χ1v) is 9.04. The van der Waals surface area contributed by atoms with Crippen LogP contribution in [-0.2, 0) is 0 Å². The standard InChI is InChI=1S/C19H21FN6O/c20-15-6-2-1-5-14(15)18(26-9-3-4-10-26)12-21-19(27)22-13-7-8-16-17(11-13)24-25-23-16/h1-2,5-8,11,18H,3-4,9-10,12H2,(H2,21,22,27)(H,23,24,25). The van der Waals surface area contributed by atoms with Crippen LogP contribution in [0.25, 0.3) is 11.0 Å². The molecule has 3 N–H and O–H groups in total. The normalized spacial score (nSPS) is 15.7. The molecule has 1 unspecified atom stereocenters. The molecular formula is C19H21FN6O. The van der Waals surface area contributed by atoms with E-state index in [2.05, 4.69) is 30.9 Å². The Morgan fingerprint density at radius 2 is 1.93 bits per heavy atom. The molecule has 0 aliphatic carbocycles. The minimum atomic E-state index is -0.335. The zero-order valence-electron chi connectivity index (χ0n) is 14.8. The molecule has 2 heterocycles. The highest BCUT2D eigenvalue weighted by Crippen LogP contribution is 2.26. The number of rotatable bonds is 5. The van der Waals surface area contributed by atoms with Crippen LogP contribution >= 0.6 is 0 Å². The number of carbonyl (C=O) groups excluding carboxylic acids is 1. The Morgan fingerprint density at radius 1 is 1.15 bits per heavy atom. The molecule has 4 rings (SSSR count). The van der Waals surface area contributed by atoms with Gasteiger partial charge in [0.25, 0.3) is 0 Å². The molecule has 1 saturated heterocycles. The van der Waals surface area contributed by atoms with Gasteiger partial charge in [-0.15, -0.1) is 0 Å². The maximum absolute atomic E-state index is 14.3. The topological polar surface area (TPSA) is 85.9 Å². The molecule has 0 saturated carbocycles. The van der Waals surface area contributed by atoms with E-state index in [1.807, 2.05) is 6.07 Å². The van der Waals surface area contributed by atoms with E-state index in [-0.39, 0.29) is 17.9 Å². The van der Waals surface area contributed by atoms with Gasteiger partial charge in [0.1, 0.15) is 16.9 Å². The van der Waals surface area contributed by atoms with Crippen molar-refractivity contribution in [3.63, 3.8) is 0 Å². The number of H-pyrrole nitrogens is 1. The highest BCUT2D eigenvalue weighted by Gasteiger charge is 2.26. The molecule has 140 valence electrons. The van der Waals surface area contributed by atoms with E-state index in [0.717, 1.165) is 31.4 Å². The SMILES string of the molecule is O=C(NCC(c1ccccc1F)N1CCCC1)Nc1ccc2n[nH]nc2c1. The van der Waals surface area contributed by atoms with Crippen LogP contribution in [0.5, 0.6) is 0 Å². The maximum atomic E-state index is 14.3. The first-order valence-electron chi connectivity index (χ1n) is 9.04. The van der Waals surface area contributed by atoms with Crippen molar-refractivity contribution in [2.75, 3.05) is 25.0 Å². The third-order valence-corrected chi connectivity index (χ3v) is 4.88. The van der Waals surface area contributed by atoms with Crippen LogP contribution in [0.4, 0.5) is 14.9 Å². The Balaban J connectivity index is 1.43. The van der Waals surface area contributed by atoms with E-state index in [9.17, 15) is 9.18 Å². The van der Waals surface area contributed by atoms with Crippen LogP contribution in [0.3, 0.4) is 0 Å². The van der Waals surface area contributed by atoms with Crippen molar-refractivity contribution in [1.29, 1.82) is 0 Å². The lowest BCUT2D eigenvalue weighted by atomic mass is 10.0. The quantitative estimate of drug-likeness (QED) is 0.646. The number of nitrogens with zero attached hydrogens (tertiary/aromatic N) is 3. The van der Waals surface area contributed by atoms with E-state index < -0.39 is 0 Å². The predicted octanol–water partition coefficient (Wildman–Crippen LogP) is 3.06. The monoisotopic (exact) mass is 368 g/mol. The van der Waals surface area contributed by atoms with Gasteiger partial charge in [0, 0.05) is 17.8 Å². The number of carbonyl (C=O) groups is 1. The average molecular weight is 368 g/mol. The van der Waals surface area contributed by atoms with Gasteiger partial charge in [0.15, 0.2) is 0 Å². The van der Waals surface area contributed by atoms with Crippen LogP contribution in [0.2, 0.25) is 0 Å². The molecule has 1 aliphatic heterocycles. The van der Waals surface area contributed by atoms with E-state index in [0.29, 0.717) is 23.3 Å². The van der Waals surface area contributed by atoms with Crippen LogP contribution in [0.1, 0.15) is 24.4 Å².